The van der Waals surface area contributed by atoms with E-state index in [1.807, 2.05) is 13.0 Å². The molecular weight excluding hydrogens is 228 g/mol. The van der Waals surface area contributed by atoms with E-state index in [1.54, 1.807) is 0 Å². The summed E-state index contributed by atoms with van der Waals surface area (Å²) in [5.74, 6) is 0.771. The van der Waals surface area contributed by atoms with Crippen LogP contribution in [0.3, 0.4) is 0 Å². The molecule has 1 aromatic carbocycles. The third kappa shape index (κ3) is 2.50. The molecule has 3 nitrogen and oxygen atoms in total. The quantitative estimate of drug-likeness (QED) is 0.860. The topological polar surface area (TPSA) is 57.5 Å². The fourth-order valence-electron chi connectivity index (χ4n) is 2.89. The third-order valence-electron chi connectivity index (χ3n) is 4.00. The molecule has 1 aromatic rings. The molecule has 3 heteroatoms. The van der Waals surface area contributed by atoms with Crippen LogP contribution in [0.1, 0.15) is 41.8 Å². The molecule has 3 unspecified atom stereocenters. The summed E-state index contributed by atoms with van der Waals surface area (Å²) in [5, 5.41) is 19.0. The number of benzene rings is 1. The normalized spacial score (nSPS) is 23.7. The molecular formula is C15H20O3. The number of phenols is 1. The lowest BCUT2D eigenvalue weighted by atomic mass is 9.91. The second-order valence-electron chi connectivity index (χ2n) is 5.68. The Morgan fingerprint density at radius 1 is 1.50 bits per heavy atom. The van der Waals surface area contributed by atoms with E-state index in [0.717, 1.165) is 23.5 Å². The molecule has 0 bridgehead atoms. The minimum atomic E-state index is -1.04. The summed E-state index contributed by atoms with van der Waals surface area (Å²) in [4.78, 5) is 11.2. The summed E-state index contributed by atoms with van der Waals surface area (Å²) in [5.41, 5.74) is 1.73. The van der Waals surface area contributed by atoms with Crippen molar-refractivity contribution in [3.63, 3.8) is 0 Å². The van der Waals surface area contributed by atoms with Gasteiger partial charge in [-0.3, -0.25) is 0 Å². The molecule has 0 amide bonds. The van der Waals surface area contributed by atoms with Crippen LogP contribution in [0.5, 0.6) is 5.75 Å². The van der Waals surface area contributed by atoms with Crippen molar-refractivity contribution in [2.45, 2.75) is 33.6 Å². The molecule has 2 N–H and O–H groups in total. The van der Waals surface area contributed by atoms with Crippen LogP contribution in [0.4, 0.5) is 0 Å². The zero-order chi connectivity index (χ0) is 13.4. The fraction of sp³-hybridized carbons (Fsp3) is 0.533. The van der Waals surface area contributed by atoms with Crippen LogP contribution in [0.15, 0.2) is 12.1 Å². The van der Waals surface area contributed by atoms with Crippen LogP contribution in [0, 0.1) is 24.7 Å². The van der Waals surface area contributed by atoms with Gasteiger partial charge in [-0.1, -0.05) is 19.9 Å². The van der Waals surface area contributed by atoms with Gasteiger partial charge in [0.05, 0.1) is 0 Å². The van der Waals surface area contributed by atoms with Gasteiger partial charge in [0, 0.05) is 0 Å². The van der Waals surface area contributed by atoms with Crippen molar-refractivity contribution in [3.05, 3.63) is 28.8 Å². The number of hydrogen-bond donors (Lipinski definition) is 2. The van der Waals surface area contributed by atoms with Crippen LogP contribution in [-0.2, 0) is 6.42 Å². The first-order valence-corrected chi connectivity index (χ1v) is 6.46. The highest BCUT2D eigenvalue weighted by Gasteiger charge is 2.37. The molecule has 0 spiro atoms. The van der Waals surface area contributed by atoms with Gasteiger partial charge in [0.15, 0.2) is 0 Å². The third-order valence-corrected chi connectivity index (χ3v) is 4.00. The second-order valence-corrected chi connectivity index (χ2v) is 5.68. The summed E-state index contributed by atoms with van der Waals surface area (Å²) in [7, 11) is 0. The number of aromatic hydroxyl groups is 1. The number of aryl methyl sites for hydroxylation is 1. The molecule has 1 saturated carbocycles. The van der Waals surface area contributed by atoms with Gasteiger partial charge in [0.2, 0.25) is 0 Å². The highest BCUT2D eigenvalue weighted by atomic mass is 16.4. The van der Waals surface area contributed by atoms with Crippen LogP contribution in [-0.4, -0.2) is 16.2 Å². The van der Waals surface area contributed by atoms with Crippen molar-refractivity contribution < 1.29 is 15.0 Å². The lowest BCUT2D eigenvalue weighted by molar-refractivity contribution is 0.0692. The SMILES string of the molecule is Cc1cc(O)c(C(=O)O)c(CC(C)C2CC2C)c1. The van der Waals surface area contributed by atoms with E-state index in [2.05, 4.69) is 13.8 Å². The van der Waals surface area contributed by atoms with E-state index in [-0.39, 0.29) is 11.3 Å². The van der Waals surface area contributed by atoms with Crippen molar-refractivity contribution >= 4 is 5.97 Å². The van der Waals surface area contributed by atoms with E-state index in [9.17, 15) is 15.0 Å². The minimum Gasteiger partial charge on any atom is -0.507 e. The maximum absolute atomic E-state index is 11.2. The number of aromatic carboxylic acids is 1. The molecule has 0 aromatic heterocycles. The van der Waals surface area contributed by atoms with Gasteiger partial charge < -0.3 is 10.2 Å². The molecule has 98 valence electrons. The molecule has 1 fully saturated rings. The average molecular weight is 248 g/mol. The average Bonchev–Trinajstić information content (AvgIpc) is 2.93. The molecule has 0 heterocycles. The van der Waals surface area contributed by atoms with E-state index < -0.39 is 5.97 Å². The first-order valence-electron chi connectivity index (χ1n) is 6.46. The van der Waals surface area contributed by atoms with Gasteiger partial charge in [-0.15, -0.1) is 0 Å². The van der Waals surface area contributed by atoms with Crippen molar-refractivity contribution in [3.8, 4) is 5.75 Å². The van der Waals surface area contributed by atoms with Crippen LogP contribution in [0.2, 0.25) is 0 Å². The van der Waals surface area contributed by atoms with Gasteiger partial charge in [0.1, 0.15) is 11.3 Å². The number of carbonyl (C=O) groups is 1. The molecule has 1 aliphatic rings. The van der Waals surface area contributed by atoms with Crippen molar-refractivity contribution in [2.75, 3.05) is 0 Å². The van der Waals surface area contributed by atoms with Gasteiger partial charge in [-0.25, -0.2) is 4.79 Å². The van der Waals surface area contributed by atoms with E-state index in [4.69, 9.17) is 0 Å². The Labute approximate surface area is 107 Å². The van der Waals surface area contributed by atoms with Crippen LogP contribution >= 0.6 is 0 Å². The van der Waals surface area contributed by atoms with E-state index >= 15 is 0 Å². The molecule has 0 saturated heterocycles. The molecule has 0 aliphatic heterocycles. The highest BCUT2D eigenvalue weighted by molar-refractivity contribution is 5.92. The number of carboxylic acids is 1. The predicted octanol–water partition coefficient (Wildman–Crippen LogP) is 3.23. The highest BCUT2D eigenvalue weighted by Crippen LogP contribution is 2.45. The van der Waals surface area contributed by atoms with Gasteiger partial charge in [-0.05, 0) is 54.7 Å². The Morgan fingerprint density at radius 3 is 2.61 bits per heavy atom. The lowest BCUT2D eigenvalue weighted by Gasteiger charge is -2.14. The molecule has 2 rings (SSSR count). The van der Waals surface area contributed by atoms with Gasteiger partial charge >= 0.3 is 5.97 Å². The van der Waals surface area contributed by atoms with Crippen molar-refractivity contribution in [1.29, 1.82) is 0 Å². The monoisotopic (exact) mass is 248 g/mol. The Kier molecular flexibility index (Phi) is 3.33. The standard InChI is InChI=1S/C15H20O3/c1-8-4-11(6-9(2)12-7-10(12)3)14(15(17)18)13(16)5-8/h4-5,9-10,12,16H,6-7H2,1-3H3,(H,17,18). The summed E-state index contributed by atoms with van der Waals surface area (Å²) in [6.45, 7) is 6.27. The van der Waals surface area contributed by atoms with Crippen molar-refractivity contribution in [1.82, 2.24) is 0 Å². The number of hydrogen-bond acceptors (Lipinski definition) is 2. The smallest absolute Gasteiger partial charge is 0.339 e. The number of rotatable bonds is 4. The number of carboxylic acid groups (broad SMARTS) is 1. The maximum Gasteiger partial charge on any atom is 0.339 e. The Bertz CT molecular complexity index is 479. The second kappa shape index (κ2) is 4.63. The Morgan fingerprint density at radius 2 is 2.11 bits per heavy atom. The van der Waals surface area contributed by atoms with Crippen LogP contribution in [0.25, 0.3) is 0 Å². The van der Waals surface area contributed by atoms with Crippen LogP contribution < -0.4 is 0 Å². The summed E-state index contributed by atoms with van der Waals surface area (Å²) < 4.78 is 0. The zero-order valence-corrected chi connectivity index (χ0v) is 11.1. The molecule has 3 atom stereocenters. The lowest BCUT2D eigenvalue weighted by Crippen LogP contribution is -2.09. The van der Waals surface area contributed by atoms with Crippen molar-refractivity contribution in [2.24, 2.45) is 17.8 Å². The minimum absolute atomic E-state index is 0.0701. The maximum atomic E-state index is 11.2. The summed E-state index contributed by atoms with van der Waals surface area (Å²) in [6, 6.07) is 3.39. The Hall–Kier alpha value is -1.51. The first-order chi connectivity index (χ1) is 8.40. The van der Waals surface area contributed by atoms with E-state index in [0.29, 0.717) is 11.8 Å². The fourth-order valence-corrected chi connectivity index (χ4v) is 2.89. The van der Waals surface area contributed by atoms with Gasteiger partial charge in [0.25, 0.3) is 0 Å². The summed E-state index contributed by atoms with van der Waals surface area (Å²) >= 11 is 0. The molecule has 18 heavy (non-hydrogen) atoms. The summed E-state index contributed by atoms with van der Waals surface area (Å²) in [6.07, 6.45) is 1.97. The zero-order valence-electron chi connectivity index (χ0n) is 11.1. The molecule has 0 radical (unpaired) electrons. The first kappa shape index (κ1) is 12.9. The molecule has 1 aliphatic carbocycles. The Balaban J connectivity index is 2.28. The largest absolute Gasteiger partial charge is 0.507 e. The van der Waals surface area contributed by atoms with E-state index in [1.165, 1.54) is 12.5 Å². The van der Waals surface area contributed by atoms with Gasteiger partial charge in [-0.2, -0.15) is 0 Å². The predicted molar refractivity (Wildman–Crippen MR) is 69.9 cm³/mol.